The topological polar surface area (TPSA) is 78.1 Å². The normalized spacial score (nSPS) is 17.0. The number of nitrogens with zero attached hydrogens (tertiary/aromatic N) is 2. The van der Waals surface area contributed by atoms with Crippen LogP contribution in [0, 0.1) is 0 Å². The van der Waals surface area contributed by atoms with Gasteiger partial charge in [0.15, 0.2) is 0 Å². The van der Waals surface area contributed by atoms with E-state index in [1.54, 1.807) is 19.2 Å². The lowest BCUT2D eigenvalue weighted by atomic mass is 10.1. The van der Waals surface area contributed by atoms with Crippen molar-refractivity contribution in [2.45, 2.75) is 38.6 Å². The first-order valence-corrected chi connectivity index (χ1v) is 6.73. The third-order valence-electron chi connectivity index (χ3n) is 3.33. The molecule has 1 fully saturated rings. The van der Waals surface area contributed by atoms with Crippen molar-refractivity contribution < 1.29 is 9.59 Å². The maximum atomic E-state index is 12.1. The molecule has 104 valence electrons. The molecule has 1 saturated heterocycles. The van der Waals surface area contributed by atoms with Crippen molar-refractivity contribution in [2.75, 3.05) is 13.1 Å². The molecule has 2 amide bonds. The molecule has 19 heavy (non-hydrogen) atoms. The zero-order chi connectivity index (χ0) is 13.7. The molecule has 0 aliphatic carbocycles. The smallest absolute Gasteiger partial charge is 0.244 e. The third-order valence-corrected chi connectivity index (χ3v) is 3.33. The monoisotopic (exact) mass is 264 g/mol. The van der Waals surface area contributed by atoms with Crippen molar-refractivity contribution in [3.05, 3.63) is 18.0 Å². The average molecular weight is 264 g/mol. The summed E-state index contributed by atoms with van der Waals surface area (Å²) in [5.74, 6) is -0.153. The molecule has 1 atom stereocenters. The van der Waals surface area contributed by atoms with Gasteiger partial charge in [0.05, 0.1) is 6.42 Å². The van der Waals surface area contributed by atoms with Crippen LogP contribution in [0.1, 0.15) is 31.9 Å². The SMILES string of the molecule is C[C@H](NC(=O)Cc1ccn[nH]1)C(=O)N1CCCCC1. The van der Waals surface area contributed by atoms with E-state index in [2.05, 4.69) is 15.5 Å². The molecule has 2 N–H and O–H groups in total. The summed E-state index contributed by atoms with van der Waals surface area (Å²) in [4.78, 5) is 25.7. The van der Waals surface area contributed by atoms with E-state index in [1.807, 2.05) is 4.90 Å². The molecule has 0 aromatic carbocycles. The molecule has 6 nitrogen and oxygen atoms in total. The number of hydrogen-bond acceptors (Lipinski definition) is 3. The Bertz CT molecular complexity index is 424. The highest BCUT2D eigenvalue weighted by molar-refractivity contribution is 5.88. The van der Waals surface area contributed by atoms with Gasteiger partial charge in [-0.2, -0.15) is 5.10 Å². The molecule has 0 bridgehead atoms. The van der Waals surface area contributed by atoms with Crippen LogP contribution in [0.5, 0.6) is 0 Å². The molecule has 6 heteroatoms. The van der Waals surface area contributed by atoms with E-state index in [-0.39, 0.29) is 18.2 Å². The number of carbonyl (C=O) groups excluding carboxylic acids is 2. The molecule has 0 unspecified atom stereocenters. The molecule has 1 aliphatic rings. The highest BCUT2D eigenvalue weighted by Gasteiger charge is 2.23. The van der Waals surface area contributed by atoms with Gasteiger partial charge < -0.3 is 10.2 Å². The summed E-state index contributed by atoms with van der Waals surface area (Å²) in [6, 6.07) is 1.28. The number of hydrogen-bond donors (Lipinski definition) is 2. The quantitative estimate of drug-likeness (QED) is 0.829. The Kier molecular flexibility index (Phi) is 4.54. The van der Waals surface area contributed by atoms with Crippen LogP contribution in [0.15, 0.2) is 12.3 Å². The molecule has 2 heterocycles. The van der Waals surface area contributed by atoms with Gasteiger partial charge in [-0.3, -0.25) is 14.7 Å². The summed E-state index contributed by atoms with van der Waals surface area (Å²) in [5.41, 5.74) is 0.745. The highest BCUT2D eigenvalue weighted by atomic mass is 16.2. The zero-order valence-corrected chi connectivity index (χ0v) is 11.2. The number of aromatic nitrogens is 2. The maximum absolute atomic E-state index is 12.1. The summed E-state index contributed by atoms with van der Waals surface area (Å²) >= 11 is 0. The summed E-state index contributed by atoms with van der Waals surface area (Å²) in [7, 11) is 0. The molecule has 1 aromatic heterocycles. The van der Waals surface area contributed by atoms with Crippen molar-refractivity contribution >= 4 is 11.8 Å². The van der Waals surface area contributed by atoms with Gasteiger partial charge in [0.25, 0.3) is 0 Å². The van der Waals surface area contributed by atoms with Crippen molar-refractivity contribution in [2.24, 2.45) is 0 Å². The molecule has 0 saturated carbocycles. The minimum atomic E-state index is -0.464. The van der Waals surface area contributed by atoms with Crippen molar-refractivity contribution in [3.8, 4) is 0 Å². The number of rotatable bonds is 4. The lowest BCUT2D eigenvalue weighted by Gasteiger charge is -2.29. The second-order valence-corrected chi connectivity index (χ2v) is 4.93. The Balaban J connectivity index is 1.80. The zero-order valence-electron chi connectivity index (χ0n) is 11.2. The van der Waals surface area contributed by atoms with E-state index in [0.717, 1.165) is 31.6 Å². The number of nitrogens with one attached hydrogen (secondary N) is 2. The summed E-state index contributed by atoms with van der Waals surface area (Å²) in [5, 5.41) is 9.25. The number of amides is 2. The Morgan fingerprint density at radius 2 is 2.16 bits per heavy atom. The Morgan fingerprint density at radius 3 is 2.79 bits per heavy atom. The second kappa shape index (κ2) is 6.36. The Hall–Kier alpha value is -1.85. The molecule has 0 radical (unpaired) electrons. The van der Waals surface area contributed by atoms with E-state index in [9.17, 15) is 9.59 Å². The van der Waals surface area contributed by atoms with Gasteiger partial charge >= 0.3 is 0 Å². The molecular formula is C13H20N4O2. The maximum Gasteiger partial charge on any atom is 0.244 e. The van der Waals surface area contributed by atoms with Crippen LogP contribution in [0.25, 0.3) is 0 Å². The van der Waals surface area contributed by atoms with E-state index in [4.69, 9.17) is 0 Å². The first-order chi connectivity index (χ1) is 9.16. The van der Waals surface area contributed by atoms with Crippen molar-refractivity contribution in [1.29, 1.82) is 0 Å². The fourth-order valence-electron chi connectivity index (χ4n) is 2.30. The van der Waals surface area contributed by atoms with Crippen LogP contribution in [0.2, 0.25) is 0 Å². The van der Waals surface area contributed by atoms with Crippen LogP contribution < -0.4 is 5.32 Å². The van der Waals surface area contributed by atoms with E-state index < -0.39 is 6.04 Å². The first-order valence-electron chi connectivity index (χ1n) is 6.73. The number of piperidine rings is 1. The first kappa shape index (κ1) is 13.6. The molecule has 1 aromatic rings. The van der Waals surface area contributed by atoms with Crippen molar-refractivity contribution in [3.63, 3.8) is 0 Å². The van der Waals surface area contributed by atoms with Crippen LogP contribution in [0.3, 0.4) is 0 Å². The standard InChI is InChI=1S/C13H20N4O2/c1-10(13(19)17-7-3-2-4-8-17)15-12(18)9-11-5-6-14-16-11/h5-6,10H,2-4,7-9H2,1H3,(H,14,16)(H,15,18)/t10-/m0/s1. The number of carbonyl (C=O) groups is 2. The molecule has 0 spiro atoms. The minimum Gasteiger partial charge on any atom is -0.344 e. The summed E-state index contributed by atoms with van der Waals surface area (Å²) < 4.78 is 0. The highest BCUT2D eigenvalue weighted by Crippen LogP contribution is 2.10. The Labute approximate surface area is 112 Å². The van der Waals surface area contributed by atoms with Gasteiger partial charge in [0, 0.05) is 25.0 Å². The second-order valence-electron chi connectivity index (χ2n) is 4.93. The minimum absolute atomic E-state index is 0.0117. The predicted octanol–water partition coefficient (Wildman–Crippen LogP) is 0.469. The molecular weight excluding hydrogens is 244 g/mol. The van der Waals surface area contributed by atoms with Crippen LogP contribution in [-0.4, -0.2) is 46.0 Å². The van der Waals surface area contributed by atoms with Gasteiger partial charge in [-0.15, -0.1) is 0 Å². The summed E-state index contributed by atoms with van der Waals surface area (Å²) in [6.07, 6.45) is 5.12. The fraction of sp³-hybridized carbons (Fsp3) is 0.615. The lowest BCUT2D eigenvalue weighted by Crippen LogP contribution is -2.48. The van der Waals surface area contributed by atoms with Gasteiger partial charge in [0.2, 0.25) is 11.8 Å². The van der Waals surface area contributed by atoms with Gasteiger partial charge in [-0.1, -0.05) is 0 Å². The van der Waals surface area contributed by atoms with E-state index in [0.29, 0.717) is 0 Å². The van der Waals surface area contributed by atoms with E-state index >= 15 is 0 Å². The van der Waals surface area contributed by atoms with Crippen molar-refractivity contribution in [1.82, 2.24) is 20.4 Å². The molecule has 1 aliphatic heterocycles. The van der Waals surface area contributed by atoms with Gasteiger partial charge in [0.1, 0.15) is 6.04 Å². The number of H-pyrrole nitrogens is 1. The fourth-order valence-corrected chi connectivity index (χ4v) is 2.30. The van der Waals surface area contributed by atoms with Gasteiger partial charge in [-0.05, 0) is 32.3 Å². The van der Waals surface area contributed by atoms with Gasteiger partial charge in [-0.25, -0.2) is 0 Å². The predicted molar refractivity (Wildman–Crippen MR) is 70.3 cm³/mol. The van der Waals surface area contributed by atoms with Crippen LogP contribution in [-0.2, 0) is 16.0 Å². The lowest BCUT2D eigenvalue weighted by molar-refractivity contribution is -0.136. The number of aromatic amines is 1. The Morgan fingerprint density at radius 1 is 1.42 bits per heavy atom. The number of likely N-dealkylation sites (tertiary alicyclic amines) is 1. The largest absolute Gasteiger partial charge is 0.344 e. The van der Waals surface area contributed by atoms with Crippen LogP contribution >= 0.6 is 0 Å². The average Bonchev–Trinajstić information content (AvgIpc) is 2.91. The van der Waals surface area contributed by atoms with E-state index in [1.165, 1.54) is 6.42 Å². The molecule has 2 rings (SSSR count). The van der Waals surface area contributed by atoms with Crippen LogP contribution in [0.4, 0.5) is 0 Å². The third kappa shape index (κ3) is 3.81. The summed E-state index contributed by atoms with van der Waals surface area (Å²) in [6.45, 7) is 3.35.